The van der Waals surface area contributed by atoms with Crippen LogP contribution in [0.3, 0.4) is 0 Å². The Kier molecular flexibility index (Phi) is 16.7. The van der Waals surface area contributed by atoms with Crippen LogP contribution in [0.1, 0.15) is 46.0 Å². The molecular formula is C23H40N8O11. The maximum absolute atomic E-state index is 13.2. The first-order valence-electron chi connectivity index (χ1n) is 12.8. The van der Waals surface area contributed by atoms with E-state index in [9.17, 15) is 38.7 Å². The topological polar surface area (TPSA) is 339 Å². The predicted octanol–water partition coefficient (Wildman–Crippen LogP) is -4.62. The largest absolute Gasteiger partial charge is 0.481 e. The van der Waals surface area contributed by atoms with Gasteiger partial charge in [0.1, 0.15) is 24.2 Å². The normalized spacial score (nSPS) is 14.3. The van der Waals surface area contributed by atoms with Crippen LogP contribution in [0.5, 0.6) is 0 Å². The molecule has 42 heavy (non-hydrogen) atoms. The lowest BCUT2D eigenvalue weighted by Crippen LogP contribution is -2.59. The van der Waals surface area contributed by atoms with Crippen LogP contribution in [-0.4, -0.2) is 111 Å². The molecule has 0 aromatic carbocycles. The molecule has 0 aliphatic heterocycles. The van der Waals surface area contributed by atoms with E-state index in [0.29, 0.717) is 0 Å². The van der Waals surface area contributed by atoms with Crippen LogP contribution >= 0.6 is 0 Å². The van der Waals surface area contributed by atoms with E-state index in [1.165, 1.54) is 0 Å². The number of carbonyl (C=O) groups excluding carboxylic acids is 4. The molecule has 238 valence electrons. The number of aliphatic hydroxyl groups is 1. The molecule has 14 N–H and O–H groups in total. The van der Waals surface area contributed by atoms with E-state index in [-0.39, 0.29) is 37.7 Å². The Morgan fingerprint density at radius 3 is 1.67 bits per heavy atom. The highest BCUT2D eigenvalue weighted by molar-refractivity contribution is 5.96. The second-order valence-electron chi connectivity index (χ2n) is 9.65. The minimum absolute atomic E-state index is 0.0133. The van der Waals surface area contributed by atoms with Gasteiger partial charge in [0.2, 0.25) is 23.6 Å². The van der Waals surface area contributed by atoms with E-state index in [4.69, 9.17) is 32.5 Å². The summed E-state index contributed by atoms with van der Waals surface area (Å²) in [6, 6.07) is -7.73. The van der Waals surface area contributed by atoms with Crippen molar-refractivity contribution < 1.29 is 54.0 Å². The average molecular weight is 605 g/mol. The highest BCUT2D eigenvalue weighted by Crippen LogP contribution is 2.09. The Hall–Kier alpha value is -4.52. The first-order chi connectivity index (χ1) is 19.5. The minimum atomic E-state index is -1.78. The summed E-state index contributed by atoms with van der Waals surface area (Å²) in [7, 11) is 0. The van der Waals surface area contributed by atoms with Gasteiger partial charge >= 0.3 is 17.9 Å². The Morgan fingerprint density at radius 2 is 1.19 bits per heavy atom. The number of nitrogens with two attached hydrogens (primary N) is 3. The van der Waals surface area contributed by atoms with E-state index in [0.717, 1.165) is 0 Å². The summed E-state index contributed by atoms with van der Waals surface area (Å²) in [5, 5.41) is 45.1. The minimum Gasteiger partial charge on any atom is -0.481 e. The number of amides is 4. The first kappa shape index (κ1) is 37.5. The van der Waals surface area contributed by atoms with Crippen molar-refractivity contribution in [3.05, 3.63) is 0 Å². The number of nitrogens with one attached hydrogen (secondary N) is 4. The van der Waals surface area contributed by atoms with Crippen LogP contribution in [0.25, 0.3) is 0 Å². The van der Waals surface area contributed by atoms with E-state index >= 15 is 0 Å². The number of guanidine groups is 1. The van der Waals surface area contributed by atoms with Gasteiger partial charge in [-0.2, -0.15) is 0 Å². The SMILES string of the molecule is CC(C)C[C@H](NC(=O)[C@H](CCCN=C(N)N)NC(=O)[C@H](N)CC(=O)O)C(=O)N[C@H](CC(=O)O)C(=O)N[C@H](CO)C(=O)O. The molecule has 0 aliphatic rings. The molecule has 0 saturated carbocycles. The van der Waals surface area contributed by atoms with Gasteiger partial charge in [0.05, 0.1) is 25.5 Å². The zero-order valence-corrected chi connectivity index (χ0v) is 23.2. The van der Waals surface area contributed by atoms with Crippen molar-refractivity contribution in [2.24, 2.45) is 28.1 Å². The Morgan fingerprint density at radius 1 is 0.714 bits per heavy atom. The van der Waals surface area contributed by atoms with Crippen molar-refractivity contribution in [1.82, 2.24) is 21.3 Å². The Balaban J connectivity index is 5.92. The fourth-order valence-corrected chi connectivity index (χ4v) is 3.42. The van der Waals surface area contributed by atoms with Crippen molar-refractivity contribution in [3.8, 4) is 0 Å². The van der Waals surface area contributed by atoms with E-state index in [1.54, 1.807) is 13.8 Å². The molecule has 19 nitrogen and oxygen atoms in total. The van der Waals surface area contributed by atoms with E-state index < -0.39 is 91.2 Å². The van der Waals surface area contributed by atoms with Crippen LogP contribution < -0.4 is 38.5 Å². The summed E-state index contributed by atoms with van der Waals surface area (Å²) < 4.78 is 0. The highest BCUT2D eigenvalue weighted by atomic mass is 16.4. The molecule has 19 heteroatoms. The van der Waals surface area contributed by atoms with Crippen molar-refractivity contribution in [1.29, 1.82) is 0 Å². The predicted molar refractivity (Wildman–Crippen MR) is 144 cm³/mol. The number of aliphatic imine (C=N–C) groups is 1. The monoisotopic (exact) mass is 604 g/mol. The number of hydrogen-bond acceptors (Lipinski definition) is 10. The highest BCUT2D eigenvalue weighted by Gasteiger charge is 2.33. The number of carboxylic acid groups (broad SMARTS) is 3. The molecule has 0 radical (unpaired) electrons. The Labute approximate surface area is 240 Å². The average Bonchev–Trinajstić information content (AvgIpc) is 2.86. The number of nitrogens with zero attached hydrogens (tertiary/aromatic N) is 1. The van der Waals surface area contributed by atoms with Crippen LogP contribution in [-0.2, 0) is 33.6 Å². The van der Waals surface area contributed by atoms with Gasteiger partial charge in [0.15, 0.2) is 5.96 Å². The third-order valence-electron chi connectivity index (χ3n) is 5.46. The van der Waals surface area contributed by atoms with Crippen LogP contribution in [0, 0.1) is 5.92 Å². The van der Waals surface area contributed by atoms with Gasteiger partial charge in [0, 0.05) is 6.54 Å². The lowest BCUT2D eigenvalue weighted by atomic mass is 10.0. The molecule has 0 unspecified atom stereocenters. The molecule has 0 heterocycles. The molecule has 0 bridgehead atoms. The molecule has 0 rings (SSSR count). The number of carbonyl (C=O) groups is 7. The molecule has 0 spiro atoms. The standard InChI is InChI=1S/C23H40N8O11/c1-10(2)6-13(20(39)30-14(8-17(35)36)21(40)31-15(9-32)22(41)42)29-19(38)12(4-3-5-27-23(25)26)28-18(37)11(24)7-16(33)34/h10-15,32H,3-9,24H2,1-2H3,(H,28,37)(H,29,38)(H,30,39)(H,31,40)(H,33,34)(H,35,36)(H,41,42)(H4,25,26,27)/t11-,12+,13+,14-,15-/m1/s1. The van der Waals surface area contributed by atoms with Crippen molar-refractivity contribution in [2.45, 2.75) is 76.2 Å². The van der Waals surface area contributed by atoms with Gasteiger partial charge in [-0.3, -0.25) is 33.8 Å². The Bertz CT molecular complexity index is 1020. The fourth-order valence-electron chi connectivity index (χ4n) is 3.42. The summed E-state index contributed by atoms with van der Waals surface area (Å²) in [6.07, 6.45) is -1.59. The summed E-state index contributed by atoms with van der Waals surface area (Å²) in [5.74, 6) is -8.97. The quantitative estimate of drug-likeness (QED) is 0.0354. The van der Waals surface area contributed by atoms with Gasteiger partial charge < -0.3 is 58.9 Å². The first-order valence-corrected chi connectivity index (χ1v) is 12.8. The molecule has 0 fully saturated rings. The maximum atomic E-state index is 13.2. The smallest absolute Gasteiger partial charge is 0.328 e. The number of aliphatic hydroxyl groups excluding tert-OH is 1. The van der Waals surface area contributed by atoms with Gasteiger partial charge in [-0.05, 0) is 25.2 Å². The lowest BCUT2D eigenvalue weighted by Gasteiger charge is -2.26. The zero-order valence-electron chi connectivity index (χ0n) is 23.2. The molecule has 4 amide bonds. The third kappa shape index (κ3) is 15.3. The number of carboxylic acids is 3. The zero-order chi connectivity index (χ0) is 32.6. The summed E-state index contributed by atoms with van der Waals surface area (Å²) in [5.41, 5.74) is 16.1. The summed E-state index contributed by atoms with van der Waals surface area (Å²) >= 11 is 0. The second-order valence-corrected chi connectivity index (χ2v) is 9.65. The molecule has 0 aromatic heterocycles. The molecular weight excluding hydrogens is 564 g/mol. The van der Waals surface area contributed by atoms with Crippen LogP contribution in [0.15, 0.2) is 4.99 Å². The third-order valence-corrected chi connectivity index (χ3v) is 5.46. The van der Waals surface area contributed by atoms with Crippen LogP contribution in [0.4, 0.5) is 0 Å². The molecule has 0 saturated heterocycles. The van der Waals surface area contributed by atoms with Gasteiger partial charge in [-0.1, -0.05) is 13.8 Å². The number of rotatable bonds is 20. The number of hydrogen-bond donors (Lipinski definition) is 11. The van der Waals surface area contributed by atoms with Gasteiger partial charge in [0.25, 0.3) is 0 Å². The second kappa shape index (κ2) is 18.8. The lowest BCUT2D eigenvalue weighted by molar-refractivity contribution is -0.144. The van der Waals surface area contributed by atoms with E-state index in [1.807, 2.05) is 5.32 Å². The van der Waals surface area contributed by atoms with Crippen molar-refractivity contribution in [3.63, 3.8) is 0 Å². The molecule has 0 aliphatic carbocycles. The summed E-state index contributed by atoms with van der Waals surface area (Å²) in [4.78, 5) is 88.4. The molecule has 5 atom stereocenters. The van der Waals surface area contributed by atoms with Crippen molar-refractivity contribution in [2.75, 3.05) is 13.2 Å². The number of aliphatic carboxylic acids is 3. The van der Waals surface area contributed by atoms with Gasteiger partial charge in [-0.25, -0.2) is 4.79 Å². The van der Waals surface area contributed by atoms with Gasteiger partial charge in [-0.15, -0.1) is 0 Å². The van der Waals surface area contributed by atoms with E-state index in [2.05, 4.69) is 20.9 Å². The summed E-state index contributed by atoms with van der Waals surface area (Å²) in [6.45, 7) is 2.46. The van der Waals surface area contributed by atoms with Crippen LogP contribution in [0.2, 0.25) is 0 Å². The molecule has 0 aromatic rings. The fraction of sp³-hybridized carbons (Fsp3) is 0.652. The van der Waals surface area contributed by atoms with Crippen molar-refractivity contribution >= 4 is 47.5 Å². The maximum Gasteiger partial charge on any atom is 0.328 e.